The summed E-state index contributed by atoms with van der Waals surface area (Å²) in [5, 5.41) is 0. The first-order valence-corrected chi connectivity index (χ1v) is 7.76. The van der Waals surface area contributed by atoms with E-state index in [4.69, 9.17) is 4.74 Å². The van der Waals surface area contributed by atoms with Crippen LogP contribution in [0.5, 0.6) is 5.75 Å². The molecule has 0 N–H and O–H groups in total. The summed E-state index contributed by atoms with van der Waals surface area (Å²) in [6.07, 6.45) is 2.21. The minimum Gasteiger partial charge on any atom is -0.497 e. The first-order chi connectivity index (χ1) is 10.8. The standard InChI is InChI=1S/C19H21NO2/c1-22-18-11-9-16(10-12-18)19(21)20-13-5-8-17(14-20)15-6-3-2-4-7-15/h2-4,6-7,9-12,17H,5,8,13-14H2,1H3/t17-/m0/s1. The molecule has 0 bridgehead atoms. The van der Waals surface area contributed by atoms with E-state index in [1.165, 1.54) is 5.56 Å². The summed E-state index contributed by atoms with van der Waals surface area (Å²) in [6, 6.07) is 17.8. The highest BCUT2D eigenvalue weighted by molar-refractivity contribution is 5.94. The van der Waals surface area contributed by atoms with E-state index in [0.29, 0.717) is 5.92 Å². The normalized spacial score (nSPS) is 18.0. The summed E-state index contributed by atoms with van der Waals surface area (Å²) < 4.78 is 5.14. The third-order valence-electron chi connectivity index (χ3n) is 4.32. The molecule has 22 heavy (non-hydrogen) atoms. The van der Waals surface area contributed by atoms with Crippen molar-refractivity contribution in [1.82, 2.24) is 4.90 Å². The number of rotatable bonds is 3. The van der Waals surface area contributed by atoms with Crippen molar-refractivity contribution in [3.05, 3.63) is 65.7 Å². The van der Waals surface area contributed by atoms with Gasteiger partial charge in [0.05, 0.1) is 7.11 Å². The Morgan fingerprint density at radius 2 is 1.82 bits per heavy atom. The average molecular weight is 295 g/mol. The SMILES string of the molecule is COc1ccc(C(=O)N2CCC[C@H](c3ccccc3)C2)cc1. The van der Waals surface area contributed by atoms with Crippen molar-refractivity contribution in [3.8, 4) is 5.75 Å². The summed E-state index contributed by atoms with van der Waals surface area (Å²) in [6.45, 7) is 1.64. The predicted octanol–water partition coefficient (Wildman–Crippen LogP) is 3.72. The Labute approximate surface area is 131 Å². The minimum absolute atomic E-state index is 0.114. The molecule has 1 aliphatic rings. The van der Waals surface area contributed by atoms with Gasteiger partial charge in [0, 0.05) is 24.6 Å². The smallest absolute Gasteiger partial charge is 0.253 e. The second-order valence-electron chi connectivity index (χ2n) is 5.73. The van der Waals surface area contributed by atoms with E-state index in [-0.39, 0.29) is 5.91 Å². The molecular weight excluding hydrogens is 274 g/mol. The number of benzene rings is 2. The Balaban J connectivity index is 1.72. The van der Waals surface area contributed by atoms with Crippen LogP contribution < -0.4 is 4.74 Å². The van der Waals surface area contributed by atoms with E-state index in [1.54, 1.807) is 7.11 Å². The van der Waals surface area contributed by atoms with E-state index < -0.39 is 0 Å². The molecule has 3 heteroatoms. The van der Waals surface area contributed by atoms with Crippen LogP contribution in [0, 0.1) is 0 Å². The highest BCUT2D eigenvalue weighted by atomic mass is 16.5. The third-order valence-corrected chi connectivity index (χ3v) is 4.32. The first-order valence-electron chi connectivity index (χ1n) is 7.76. The van der Waals surface area contributed by atoms with Gasteiger partial charge in [-0.3, -0.25) is 4.79 Å². The van der Waals surface area contributed by atoms with Crippen molar-refractivity contribution < 1.29 is 9.53 Å². The number of amides is 1. The molecule has 1 fully saturated rings. The lowest BCUT2D eigenvalue weighted by atomic mass is 9.90. The maximum atomic E-state index is 12.7. The van der Waals surface area contributed by atoms with Gasteiger partial charge >= 0.3 is 0 Å². The number of carbonyl (C=O) groups excluding carboxylic acids is 1. The highest BCUT2D eigenvalue weighted by Gasteiger charge is 2.25. The molecule has 0 spiro atoms. The van der Waals surface area contributed by atoms with E-state index >= 15 is 0 Å². The zero-order valence-corrected chi connectivity index (χ0v) is 12.9. The molecule has 2 aromatic carbocycles. The number of ether oxygens (including phenoxy) is 1. The van der Waals surface area contributed by atoms with Crippen LogP contribution in [-0.2, 0) is 0 Å². The van der Waals surface area contributed by atoms with Crippen molar-refractivity contribution in [3.63, 3.8) is 0 Å². The van der Waals surface area contributed by atoms with E-state index in [9.17, 15) is 4.79 Å². The zero-order chi connectivity index (χ0) is 15.4. The van der Waals surface area contributed by atoms with Crippen molar-refractivity contribution in [2.45, 2.75) is 18.8 Å². The lowest BCUT2D eigenvalue weighted by Gasteiger charge is -2.33. The monoisotopic (exact) mass is 295 g/mol. The quantitative estimate of drug-likeness (QED) is 0.864. The predicted molar refractivity (Wildman–Crippen MR) is 87.3 cm³/mol. The summed E-state index contributed by atoms with van der Waals surface area (Å²) in [7, 11) is 1.63. The van der Waals surface area contributed by atoms with Gasteiger partial charge in [-0.15, -0.1) is 0 Å². The van der Waals surface area contributed by atoms with E-state index in [1.807, 2.05) is 35.2 Å². The molecule has 0 saturated carbocycles. The second kappa shape index (κ2) is 6.65. The molecule has 2 aromatic rings. The average Bonchev–Trinajstić information content (AvgIpc) is 2.62. The fraction of sp³-hybridized carbons (Fsp3) is 0.316. The number of nitrogens with zero attached hydrogens (tertiary/aromatic N) is 1. The van der Waals surface area contributed by atoms with Crippen molar-refractivity contribution in [2.75, 3.05) is 20.2 Å². The van der Waals surface area contributed by atoms with Gasteiger partial charge in [-0.2, -0.15) is 0 Å². The van der Waals surface area contributed by atoms with Gasteiger partial charge in [-0.05, 0) is 42.7 Å². The molecule has 1 saturated heterocycles. The molecule has 1 atom stereocenters. The molecule has 0 radical (unpaired) electrons. The molecule has 3 rings (SSSR count). The molecule has 1 amide bonds. The molecular formula is C19H21NO2. The summed E-state index contributed by atoms with van der Waals surface area (Å²) >= 11 is 0. The summed E-state index contributed by atoms with van der Waals surface area (Å²) in [5.74, 6) is 1.33. The van der Waals surface area contributed by atoms with Crippen LogP contribution in [0.25, 0.3) is 0 Å². The van der Waals surface area contributed by atoms with Gasteiger partial charge in [0.15, 0.2) is 0 Å². The molecule has 0 unspecified atom stereocenters. The molecule has 3 nitrogen and oxygen atoms in total. The Hall–Kier alpha value is -2.29. The Morgan fingerprint density at radius 3 is 2.50 bits per heavy atom. The van der Waals surface area contributed by atoms with Crippen LogP contribution in [0.15, 0.2) is 54.6 Å². The molecule has 1 aliphatic heterocycles. The van der Waals surface area contributed by atoms with Crippen molar-refractivity contribution >= 4 is 5.91 Å². The maximum Gasteiger partial charge on any atom is 0.253 e. The Bertz CT molecular complexity index is 622. The van der Waals surface area contributed by atoms with E-state index in [0.717, 1.165) is 37.2 Å². The Morgan fingerprint density at radius 1 is 1.09 bits per heavy atom. The van der Waals surface area contributed by atoms with Crippen LogP contribution >= 0.6 is 0 Å². The van der Waals surface area contributed by atoms with Gasteiger partial charge in [0.2, 0.25) is 0 Å². The number of methoxy groups -OCH3 is 1. The summed E-state index contributed by atoms with van der Waals surface area (Å²) in [5.41, 5.74) is 2.06. The van der Waals surface area contributed by atoms with Gasteiger partial charge in [-0.1, -0.05) is 30.3 Å². The van der Waals surface area contributed by atoms with Gasteiger partial charge in [0.25, 0.3) is 5.91 Å². The van der Waals surface area contributed by atoms with Gasteiger partial charge in [-0.25, -0.2) is 0 Å². The fourth-order valence-corrected chi connectivity index (χ4v) is 3.08. The van der Waals surface area contributed by atoms with Gasteiger partial charge < -0.3 is 9.64 Å². The topological polar surface area (TPSA) is 29.5 Å². The van der Waals surface area contributed by atoms with Crippen LogP contribution in [0.4, 0.5) is 0 Å². The van der Waals surface area contributed by atoms with E-state index in [2.05, 4.69) is 24.3 Å². The fourth-order valence-electron chi connectivity index (χ4n) is 3.08. The van der Waals surface area contributed by atoms with Crippen molar-refractivity contribution in [1.29, 1.82) is 0 Å². The highest BCUT2D eigenvalue weighted by Crippen LogP contribution is 2.27. The number of piperidine rings is 1. The van der Waals surface area contributed by atoms with Crippen LogP contribution in [-0.4, -0.2) is 31.0 Å². The van der Waals surface area contributed by atoms with Crippen molar-refractivity contribution in [2.24, 2.45) is 0 Å². The minimum atomic E-state index is 0.114. The van der Waals surface area contributed by atoms with Crippen LogP contribution in [0.1, 0.15) is 34.7 Å². The summed E-state index contributed by atoms with van der Waals surface area (Å²) in [4.78, 5) is 14.6. The lowest BCUT2D eigenvalue weighted by Crippen LogP contribution is -2.39. The number of hydrogen-bond donors (Lipinski definition) is 0. The second-order valence-corrected chi connectivity index (χ2v) is 5.73. The molecule has 1 heterocycles. The first kappa shape index (κ1) is 14.6. The number of likely N-dealkylation sites (tertiary alicyclic amines) is 1. The third kappa shape index (κ3) is 3.14. The lowest BCUT2D eigenvalue weighted by molar-refractivity contribution is 0.0707. The maximum absolute atomic E-state index is 12.7. The number of carbonyl (C=O) groups is 1. The van der Waals surface area contributed by atoms with Gasteiger partial charge in [0.1, 0.15) is 5.75 Å². The largest absolute Gasteiger partial charge is 0.497 e. The molecule has 0 aliphatic carbocycles. The molecule has 114 valence electrons. The van der Waals surface area contributed by atoms with Crippen LogP contribution in [0.3, 0.4) is 0 Å². The Kier molecular flexibility index (Phi) is 4.42. The molecule has 0 aromatic heterocycles. The van der Waals surface area contributed by atoms with Crippen LogP contribution in [0.2, 0.25) is 0 Å². The number of hydrogen-bond acceptors (Lipinski definition) is 2. The zero-order valence-electron chi connectivity index (χ0n) is 12.9.